The number of aryl methyl sites for hydroxylation is 1. The molecule has 32 heteroatoms. The van der Waals surface area contributed by atoms with Gasteiger partial charge in [0.05, 0.1) is 48.9 Å². The van der Waals surface area contributed by atoms with Gasteiger partial charge in [-0.1, -0.05) is 102 Å². The number of fused-ring (bicyclic) bond motifs is 1. The molecule has 108 heavy (non-hydrogen) atoms. The second-order valence-corrected chi connectivity index (χ2v) is 30.1. The molecule has 2 aliphatic carbocycles. The molecule has 2 saturated heterocycles. The second kappa shape index (κ2) is 38.6. The molecule has 9 atom stereocenters. The lowest BCUT2D eigenvalue weighted by molar-refractivity contribution is -0.156. The summed E-state index contributed by atoms with van der Waals surface area (Å²) in [6, 6.07) is -4.97. The maximum Gasteiger partial charge on any atom is 0.417 e. The van der Waals surface area contributed by atoms with Crippen LogP contribution in [0.3, 0.4) is 0 Å². The predicted molar refractivity (Wildman–Crippen MR) is 390 cm³/mol. The van der Waals surface area contributed by atoms with Crippen molar-refractivity contribution in [2.24, 2.45) is 17.8 Å². The van der Waals surface area contributed by atoms with Gasteiger partial charge in [-0.05, 0) is 111 Å². The highest BCUT2D eigenvalue weighted by Crippen LogP contribution is 2.39. The van der Waals surface area contributed by atoms with E-state index in [4.69, 9.17) is 16.3 Å². The molecule has 4 aliphatic rings. The smallest absolute Gasteiger partial charge is 0.375 e. The van der Waals surface area contributed by atoms with E-state index < -0.39 is 204 Å². The normalized spacial score (nSPS) is 24.5. The van der Waals surface area contributed by atoms with E-state index >= 15 is 28.8 Å². The number of benzene rings is 2. The average molecular weight is 1550 g/mol. The van der Waals surface area contributed by atoms with Crippen molar-refractivity contribution >= 4 is 82.5 Å². The van der Waals surface area contributed by atoms with E-state index in [9.17, 15) is 55.1 Å². The molecular weight excluding hydrogens is 1440 g/mol. The number of nitrogens with one attached hydrogen (secondary N) is 3. The van der Waals surface area contributed by atoms with Crippen LogP contribution in [0.2, 0.25) is 5.02 Å². The first-order valence-corrected chi connectivity index (χ1v) is 37.1. The van der Waals surface area contributed by atoms with Crippen LogP contribution in [0.4, 0.5) is 26.3 Å². The Morgan fingerprint density at radius 3 is 1.86 bits per heavy atom. The Hall–Kier alpha value is -8.61. The highest BCUT2D eigenvalue weighted by molar-refractivity contribution is 6.31. The molecular formula is C76H107ClF6N12O13. The predicted octanol–water partition coefficient (Wildman–Crippen LogP) is 6.53. The first-order chi connectivity index (χ1) is 50.6. The number of alkyl halides is 6. The highest BCUT2D eigenvalue weighted by atomic mass is 35.5. The maximum atomic E-state index is 15.6. The van der Waals surface area contributed by atoms with Crippen LogP contribution in [0.15, 0.2) is 67.8 Å². The van der Waals surface area contributed by atoms with Crippen molar-refractivity contribution in [1.29, 1.82) is 0 Å². The van der Waals surface area contributed by atoms with E-state index in [1.165, 1.54) is 83.2 Å². The van der Waals surface area contributed by atoms with Gasteiger partial charge >= 0.3 is 12.4 Å². The first-order valence-electron chi connectivity index (χ1n) is 36.7. The third kappa shape index (κ3) is 22.1. The number of hydrogen-bond acceptors (Lipinski definition) is 13. The molecule has 1 spiro atoms. The summed E-state index contributed by atoms with van der Waals surface area (Å²) in [5, 5.41) is 7.84. The van der Waals surface area contributed by atoms with Gasteiger partial charge in [0.1, 0.15) is 53.9 Å². The van der Waals surface area contributed by atoms with Crippen molar-refractivity contribution in [3.05, 3.63) is 95.1 Å². The molecule has 3 N–H and O–H groups in total. The molecule has 0 bridgehead atoms. The lowest BCUT2D eigenvalue weighted by atomic mass is 9.90. The minimum atomic E-state index is -4.83. The van der Waals surface area contributed by atoms with Gasteiger partial charge in [-0.3, -0.25) is 57.5 Å². The fraction of sp³-hybridized carbons (Fsp3) is 0.632. The molecule has 4 fully saturated rings. The summed E-state index contributed by atoms with van der Waals surface area (Å²) in [5.41, 5.74) is -3.54. The van der Waals surface area contributed by atoms with Crippen molar-refractivity contribution < 1.29 is 88.6 Å². The van der Waals surface area contributed by atoms with E-state index in [-0.39, 0.29) is 75.1 Å². The summed E-state index contributed by atoms with van der Waals surface area (Å²) in [5.74, 6) is -11.1. The summed E-state index contributed by atoms with van der Waals surface area (Å²) < 4.78 is 89.7. The zero-order valence-electron chi connectivity index (χ0n) is 64.0. The van der Waals surface area contributed by atoms with E-state index in [0.29, 0.717) is 44.9 Å². The number of ether oxygens (including phenoxy) is 1. The summed E-state index contributed by atoms with van der Waals surface area (Å²) in [6.45, 7) is 11.6. The monoisotopic (exact) mass is 1540 g/mol. The Balaban J connectivity index is 1.51. The van der Waals surface area contributed by atoms with Gasteiger partial charge < -0.3 is 64.8 Å². The lowest BCUT2D eigenvalue weighted by Gasteiger charge is -2.42. The molecule has 25 nitrogen and oxygen atoms in total. The molecule has 2 aromatic rings. The molecule has 12 amide bonds. The van der Waals surface area contributed by atoms with Gasteiger partial charge in [0.15, 0.2) is 0 Å². The summed E-state index contributed by atoms with van der Waals surface area (Å²) >= 11 is 6.15. The number of hydrogen-bond donors (Lipinski definition) is 3. The van der Waals surface area contributed by atoms with Gasteiger partial charge in [0.25, 0.3) is 0 Å². The molecule has 6 rings (SSSR count). The number of carbonyl (C=O) groups excluding carboxylic acids is 12. The number of rotatable bonds is 17. The molecule has 2 heterocycles. The summed E-state index contributed by atoms with van der Waals surface area (Å²) in [6.07, 6.45) is -4.61. The average Bonchev–Trinajstić information content (AvgIpc) is 1.49. The Kier molecular flexibility index (Phi) is 31.6. The number of nitrogens with zero attached hydrogens (tertiary/aromatic N) is 9. The molecule has 598 valence electrons. The Morgan fingerprint density at radius 2 is 1.30 bits per heavy atom. The number of amides is 12. The maximum absolute atomic E-state index is 15.6. The van der Waals surface area contributed by atoms with E-state index in [1.54, 1.807) is 13.8 Å². The van der Waals surface area contributed by atoms with Crippen LogP contribution in [0.5, 0.6) is 0 Å². The molecule has 0 radical (unpaired) electrons. The van der Waals surface area contributed by atoms with Gasteiger partial charge in [-0.2, -0.15) is 26.3 Å². The van der Waals surface area contributed by atoms with Crippen molar-refractivity contribution in [1.82, 2.24) is 60.0 Å². The van der Waals surface area contributed by atoms with E-state index in [2.05, 4.69) is 29.1 Å². The first kappa shape index (κ1) is 88.3. The van der Waals surface area contributed by atoms with Crippen LogP contribution in [0.25, 0.3) is 0 Å². The third-order valence-corrected chi connectivity index (χ3v) is 21.6. The van der Waals surface area contributed by atoms with Crippen LogP contribution in [-0.4, -0.2) is 265 Å². The SMILES string of the molecule is C=CCOC[C@H]1C(=O)N(CC=C)[C@@H](Cc2ccc(C(F)(F)F)cc2)C(=O)N(C)CC(=O)N[C@@H](CCc2ccc(C(F)(F)F)c(Cl)c2)C(=O)N2CCC[C@H]2C(=O)NC2(CCCC2)C(=O)N(C)[C@@H](C2CCCC2)C(=O)N(C)[C@H](C(=O)N(C)C)CC(=O)N(C)[C@@H](CC(C)C)C(=O)N[C@@H]([C@@H](C)CC)C(=O)N(C)CC(=O)N1C. The Labute approximate surface area is 633 Å². The zero-order chi connectivity index (χ0) is 80.6. The number of likely N-dealkylation sites (N-methyl/N-ethyl adjacent to an activating group) is 7. The number of carbonyl (C=O) groups is 12. The Morgan fingerprint density at radius 1 is 0.685 bits per heavy atom. The van der Waals surface area contributed by atoms with Crippen LogP contribution in [0, 0.1) is 17.8 Å². The fourth-order valence-corrected chi connectivity index (χ4v) is 15.1. The second-order valence-electron chi connectivity index (χ2n) is 29.7. The fourth-order valence-electron chi connectivity index (χ4n) is 14.8. The highest BCUT2D eigenvalue weighted by Gasteiger charge is 2.52. The van der Waals surface area contributed by atoms with Crippen LogP contribution >= 0.6 is 11.6 Å². The lowest BCUT2D eigenvalue weighted by Crippen LogP contribution is -2.65. The van der Waals surface area contributed by atoms with Crippen LogP contribution in [0.1, 0.15) is 140 Å². The molecule has 0 unspecified atom stereocenters. The minimum absolute atomic E-state index is 0.0413. The molecule has 2 saturated carbocycles. The van der Waals surface area contributed by atoms with E-state index in [1.807, 2.05) is 13.8 Å². The zero-order valence-corrected chi connectivity index (χ0v) is 64.8. The molecule has 2 aromatic carbocycles. The topological polar surface area (TPSA) is 279 Å². The van der Waals surface area contributed by atoms with E-state index in [0.717, 1.165) is 71.9 Å². The summed E-state index contributed by atoms with van der Waals surface area (Å²) in [4.78, 5) is 191. The van der Waals surface area contributed by atoms with Gasteiger partial charge in [-0.15, -0.1) is 13.2 Å². The standard InChI is InChI=1S/C76H107ClF6N12O13/c1-15-36-94-58(41-49-26-30-51(31-27-49)75(78,79)80)69(103)88(9)43-60(96)84-54(33-29-48-28-32-52(53(77)40-48)76(81,82)83)67(101)95-37-22-25-55(95)66(100)86-74(34-20-21-35-74)73(107)93(14)64(50-23-18-19-24-50)72(106)92(13)57(68(102)87(7)8)42-61(97)90(11)56(39-46(4)5)65(99)85-63(47(6)17-3)71(105)89(10)44-62(98)91(12)59(70(94)104)45-108-38-16-2/h15-16,26-28,30-32,40,46-47,50,54-59,63-64H,1-2,17-25,29,33-39,41-45H2,3-14H3,(H,84,96)(H,85,99)(H,86,100)/t47-,54-,55-,56-,57-,58-,59-,63-,64-/m0/s1. The van der Waals surface area contributed by atoms with Crippen LogP contribution in [-0.2, 0) is 87.5 Å². The van der Waals surface area contributed by atoms with Gasteiger partial charge in [-0.25, -0.2) is 0 Å². The molecule has 0 aromatic heterocycles. The van der Waals surface area contributed by atoms with Gasteiger partial charge in [0.2, 0.25) is 70.9 Å². The number of halogens is 7. The van der Waals surface area contributed by atoms with Crippen molar-refractivity contribution in [2.75, 3.05) is 95.8 Å². The van der Waals surface area contributed by atoms with Crippen molar-refractivity contribution in [2.45, 2.75) is 197 Å². The van der Waals surface area contributed by atoms with Crippen molar-refractivity contribution in [3.63, 3.8) is 0 Å². The quantitative estimate of drug-likeness (QED) is 0.0865. The van der Waals surface area contributed by atoms with Crippen LogP contribution < -0.4 is 16.0 Å². The summed E-state index contributed by atoms with van der Waals surface area (Å²) in [7, 11) is 10.8. The largest absolute Gasteiger partial charge is 0.417 e. The minimum Gasteiger partial charge on any atom is -0.375 e. The molecule has 2 aliphatic heterocycles. The Bertz CT molecular complexity index is 3590. The van der Waals surface area contributed by atoms with Crippen molar-refractivity contribution in [3.8, 4) is 0 Å². The van der Waals surface area contributed by atoms with Gasteiger partial charge in [0, 0.05) is 75.9 Å². The third-order valence-electron chi connectivity index (χ3n) is 21.3.